The van der Waals surface area contributed by atoms with Gasteiger partial charge in [-0.1, -0.05) is 12.1 Å². The molecule has 1 aromatic heterocycles. The first-order chi connectivity index (χ1) is 8.11. The molecular formula is C12H11FN2O2. The molecule has 0 atom stereocenters. The maximum absolute atomic E-state index is 13.4. The van der Waals surface area contributed by atoms with E-state index >= 15 is 0 Å². The van der Waals surface area contributed by atoms with Crippen molar-refractivity contribution in [3.8, 4) is 11.1 Å². The molecular weight excluding hydrogens is 223 g/mol. The molecule has 2 aromatic rings. The van der Waals surface area contributed by atoms with Gasteiger partial charge in [-0.2, -0.15) is 4.39 Å². The Hall–Kier alpha value is -2.17. The van der Waals surface area contributed by atoms with E-state index in [-0.39, 0.29) is 0 Å². The van der Waals surface area contributed by atoms with Crippen molar-refractivity contribution in [1.29, 1.82) is 0 Å². The van der Waals surface area contributed by atoms with Gasteiger partial charge in [-0.3, -0.25) is 4.68 Å². The standard InChI is InChI=1S/C12H11FN2O2/c1-15-7-10(11(13)14-15)8-3-5-9(6-4-8)12(16)17-2/h3-7H,1-2H3. The van der Waals surface area contributed by atoms with E-state index in [9.17, 15) is 9.18 Å². The van der Waals surface area contributed by atoms with Crippen molar-refractivity contribution in [1.82, 2.24) is 9.78 Å². The molecule has 1 heterocycles. The molecule has 0 aliphatic rings. The Bertz CT molecular complexity index is 546. The predicted molar refractivity (Wildman–Crippen MR) is 59.9 cm³/mol. The summed E-state index contributed by atoms with van der Waals surface area (Å²) in [7, 11) is 2.96. The van der Waals surface area contributed by atoms with Crippen molar-refractivity contribution in [3.63, 3.8) is 0 Å². The van der Waals surface area contributed by atoms with Gasteiger partial charge in [0.2, 0.25) is 5.95 Å². The highest BCUT2D eigenvalue weighted by Gasteiger charge is 2.10. The number of hydrogen-bond acceptors (Lipinski definition) is 3. The molecule has 0 saturated heterocycles. The number of benzene rings is 1. The SMILES string of the molecule is COC(=O)c1ccc(-c2cn(C)nc2F)cc1. The first-order valence-electron chi connectivity index (χ1n) is 4.99. The molecule has 0 amide bonds. The van der Waals surface area contributed by atoms with E-state index in [2.05, 4.69) is 9.84 Å². The number of aromatic nitrogens is 2. The van der Waals surface area contributed by atoms with Crippen LogP contribution in [-0.2, 0) is 11.8 Å². The van der Waals surface area contributed by atoms with Gasteiger partial charge in [-0.05, 0) is 17.7 Å². The van der Waals surface area contributed by atoms with Gasteiger partial charge in [0.25, 0.3) is 0 Å². The van der Waals surface area contributed by atoms with Crippen molar-refractivity contribution >= 4 is 5.97 Å². The van der Waals surface area contributed by atoms with Gasteiger partial charge in [-0.25, -0.2) is 4.79 Å². The van der Waals surface area contributed by atoms with Gasteiger partial charge in [0.05, 0.1) is 18.2 Å². The summed E-state index contributed by atoms with van der Waals surface area (Å²) in [6, 6.07) is 6.50. The summed E-state index contributed by atoms with van der Waals surface area (Å²) in [5.41, 5.74) is 1.51. The van der Waals surface area contributed by atoms with E-state index < -0.39 is 11.9 Å². The minimum atomic E-state index is -0.529. The van der Waals surface area contributed by atoms with Crippen LogP contribution in [0.25, 0.3) is 11.1 Å². The van der Waals surface area contributed by atoms with E-state index in [1.165, 1.54) is 11.8 Å². The zero-order valence-electron chi connectivity index (χ0n) is 9.48. The number of aryl methyl sites for hydroxylation is 1. The normalized spacial score (nSPS) is 10.3. The van der Waals surface area contributed by atoms with Crippen molar-refractivity contribution in [2.75, 3.05) is 7.11 Å². The average molecular weight is 234 g/mol. The van der Waals surface area contributed by atoms with Crippen LogP contribution in [0.4, 0.5) is 4.39 Å². The molecule has 0 saturated carbocycles. The van der Waals surface area contributed by atoms with Crippen molar-refractivity contribution in [3.05, 3.63) is 42.0 Å². The Kier molecular flexibility index (Phi) is 2.91. The molecule has 0 aliphatic heterocycles. The molecule has 0 bridgehead atoms. The fourth-order valence-corrected chi connectivity index (χ4v) is 1.56. The molecule has 0 N–H and O–H groups in total. The number of nitrogens with zero attached hydrogens (tertiary/aromatic N) is 2. The lowest BCUT2D eigenvalue weighted by Gasteiger charge is -2.00. The fraction of sp³-hybridized carbons (Fsp3) is 0.167. The minimum absolute atomic E-state index is 0.406. The van der Waals surface area contributed by atoms with Crippen LogP contribution in [0.1, 0.15) is 10.4 Å². The first-order valence-corrected chi connectivity index (χ1v) is 4.99. The van der Waals surface area contributed by atoms with E-state index in [1.807, 2.05) is 0 Å². The Morgan fingerprint density at radius 3 is 2.47 bits per heavy atom. The monoisotopic (exact) mass is 234 g/mol. The summed E-state index contributed by atoms with van der Waals surface area (Å²) >= 11 is 0. The third kappa shape index (κ3) is 2.18. The average Bonchev–Trinajstić information content (AvgIpc) is 2.68. The van der Waals surface area contributed by atoms with Gasteiger partial charge in [0.15, 0.2) is 0 Å². The number of halogens is 1. The molecule has 2 rings (SSSR count). The molecule has 0 aliphatic carbocycles. The van der Waals surface area contributed by atoms with Gasteiger partial charge in [0.1, 0.15) is 0 Å². The smallest absolute Gasteiger partial charge is 0.337 e. The number of rotatable bonds is 2. The van der Waals surface area contributed by atoms with Gasteiger partial charge < -0.3 is 4.74 Å². The zero-order valence-corrected chi connectivity index (χ0v) is 9.48. The predicted octanol–water partition coefficient (Wildman–Crippen LogP) is 2.01. The number of carbonyl (C=O) groups excluding carboxylic acids is 1. The van der Waals surface area contributed by atoms with Crippen LogP contribution in [0.5, 0.6) is 0 Å². The largest absolute Gasteiger partial charge is 0.465 e. The number of methoxy groups -OCH3 is 1. The molecule has 88 valence electrons. The summed E-state index contributed by atoms with van der Waals surface area (Å²) in [5, 5.41) is 3.62. The van der Waals surface area contributed by atoms with E-state index in [4.69, 9.17) is 0 Å². The van der Waals surface area contributed by atoms with Crippen molar-refractivity contribution in [2.24, 2.45) is 7.05 Å². The second kappa shape index (κ2) is 4.37. The van der Waals surface area contributed by atoms with Crippen LogP contribution in [0.3, 0.4) is 0 Å². The van der Waals surface area contributed by atoms with E-state index in [0.717, 1.165) is 0 Å². The molecule has 5 heteroatoms. The van der Waals surface area contributed by atoms with Gasteiger partial charge in [0, 0.05) is 13.2 Å². The molecule has 1 aromatic carbocycles. The lowest BCUT2D eigenvalue weighted by atomic mass is 10.1. The number of esters is 1. The lowest BCUT2D eigenvalue weighted by Crippen LogP contribution is -2.00. The van der Waals surface area contributed by atoms with Crippen LogP contribution >= 0.6 is 0 Å². The second-order valence-corrected chi connectivity index (χ2v) is 3.58. The van der Waals surface area contributed by atoms with Crippen LogP contribution in [-0.4, -0.2) is 22.9 Å². The topological polar surface area (TPSA) is 44.1 Å². The maximum atomic E-state index is 13.4. The van der Waals surface area contributed by atoms with Crippen molar-refractivity contribution in [2.45, 2.75) is 0 Å². The fourth-order valence-electron chi connectivity index (χ4n) is 1.56. The molecule has 0 radical (unpaired) electrons. The van der Waals surface area contributed by atoms with E-state index in [0.29, 0.717) is 16.7 Å². The Morgan fingerprint density at radius 1 is 1.35 bits per heavy atom. The first kappa shape index (κ1) is 11.3. The number of ether oxygens (including phenoxy) is 1. The summed E-state index contributed by atoms with van der Waals surface area (Å²) in [5.74, 6) is -0.943. The third-order valence-electron chi connectivity index (χ3n) is 2.40. The minimum Gasteiger partial charge on any atom is -0.465 e. The Labute approximate surface area is 97.6 Å². The molecule has 4 nitrogen and oxygen atoms in total. The number of hydrogen-bond donors (Lipinski definition) is 0. The van der Waals surface area contributed by atoms with Crippen LogP contribution in [0.2, 0.25) is 0 Å². The second-order valence-electron chi connectivity index (χ2n) is 3.58. The lowest BCUT2D eigenvalue weighted by molar-refractivity contribution is 0.0601. The summed E-state index contributed by atoms with van der Waals surface area (Å²) in [6.07, 6.45) is 1.59. The Morgan fingerprint density at radius 2 is 2.00 bits per heavy atom. The zero-order chi connectivity index (χ0) is 12.4. The third-order valence-corrected chi connectivity index (χ3v) is 2.40. The van der Waals surface area contributed by atoms with E-state index in [1.54, 1.807) is 37.5 Å². The quantitative estimate of drug-likeness (QED) is 0.746. The van der Waals surface area contributed by atoms with Crippen LogP contribution < -0.4 is 0 Å². The van der Waals surface area contributed by atoms with Crippen LogP contribution in [0, 0.1) is 5.95 Å². The molecule has 0 unspecified atom stereocenters. The molecule has 17 heavy (non-hydrogen) atoms. The maximum Gasteiger partial charge on any atom is 0.337 e. The van der Waals surface area contributed by atoms with Gasteiger partial charge >= 0.3 is 5.97 Å². The number of carbonyl (C=O) groups is 1. The van der Waals surface area contributed by atoms with Gasteiger partial charge in [-0.15, -0.1) is 5.10 Å². The molecule has 0 spiro atoms. The highest BCUT2D eigenvalue weighted by Crippen LogP contribution is 2.22. The summed E-state index contributed by atoms with van der Waals surface area (Å²) in [4.78, 5) is 11.2. The summed E-state index contributed by atoms with van der Waals surface area (Å²) < 4.78 is 19.4. The van der Waals surface area contributed by atoms with Crippen LogP contribution in [0.15, 0.2) is 30.5 Å². The Balaban J connectivity index is 2.35. The summed E-state index contributed by atoms with van der Waals surface area (Å²) in [6.45, 7) is 0. The van der Waals surface area contributed by atoms with Crippen molar-refractivity contribution < 1.29 is 13.9 Å². The molecule has 0 fully saturated rings. The highest BCUT2D eigenvalue weighted by atomic mass is 19.1. The highest BCUT2D eigenvalue weighted by molar-refractivity contribution is 5.89.